The number of anilines is 1. The number of methoxy groups -OCH3 is 1. The SMILES string of the molecule is COc1ccc(NC(=O)C(OC(=O)c2cccc(S(=O)(=O)N(C)OC)c2)c2ccccc2)cc1. The standard InChI is InChI=1S/C24H24N2O7S/c1-26(32-3)34(29,30)21-11-7-10-18(16-21)24(28)33-22(17-8-5-4-6-9-17)23(27)25-19-12-14-20(31-2)15-13-19/h4-16,22H,1-3H3,(H,25,27). The van der Waals surface area contributed by atoms with E-state index in [0.717, 1.165) is 6.07 Å². The van der Waals surface area contributed by atoms with Crippen LogP contribution in [-0.4, -0.2) is 46.0 Å². The quantitative estimate of drug-likeness (QED) is 0.366. The Bertz CT molecular complexity index is 1250. The average molecular weight is 485 g/mol. The zero-order chi connectivity index (χ0) is 24.7. The first-order chi connectivity index (χ1) is 16.3. The molecule has 0 spiro atoms. The molecule has 34 heavy (non-hydrogen) atoms. The zero-order valence-corrected chi connectivity index (χ0v) is 19.6. The number of nitrogens with one attached hydrogen (secondary N) is 1. The Kier molecular flexibility index (Phi) is 8.00. The summed E-state index contributed by atoms with van der Waals surface area (Å²) in [5.74, 6) is -0.818. The van der Waals surface area contributed by atoms with Crippen LogP contribution < -0.4 is 10.1 Å². The summed E-state index contributed by atoms with van der Waals surface area (Å²) in [5.41, 5.74) is 0.895. The lowest BCUT2D eigenvalue weighted by atomic mass is 10.1. The number of rotatable bonds is 9. The lowest BCUT2D eigenvalue weighted by molar-refractivity contribution is -0.125. The number of nitrogens with zero attached hydrogens (tertiary/aromatic N) is 1. The highest BCUT2D eigenvalue weighted by Gasteiger charge is 2.27. The van der Waals surface area contributed by atoms with Crippen molar-refractivity contribution in [2.45, 2.75) is 11.0 Å². The molecule has 0 aliphatic rings. The number of ether oxygens (including phenoxy) is 2. The van der Waals surface area contributed by atoms with Gasteiger partial charge in [0.1, 0.15) is 5.75 Å². The third-order valence-corrected chi connectivity index (χ3v) is 6.56. The van der Waals surface area contributed by atoms with Crippen molar-refractivity contribution in [1.82, 2.24) is 4.47 Å². The van der Waals surface area contributed by atoms with E-state index in [1.165, 1.54) is 39.5 Å². The molecular formula is C24H24N2O7S. The van der Waals surface area contributed by atoms with Crippen LogP contribution in [0.4, 0.5) is 5.69 Å². The zero-order valence-electron chi connectivity index (χ0n) is 18.8. The molecule has 0 aliphatic carbocycles. The molecule has 0 saturated heterocycles. The molecule has 0 saturated carbocycles. The lowest BCUT2D eigenvalue weighted by Crippen LogP contribution is -2.27. The molecule has 1 unspecified atom stereocenters. The second kappa shape index (κ2) is 10.9. The molecule has 10 heteroatoms. The molecule has 0 aromatic heterocycles. The fraction of sp³-hybridized carbons (Fsp3) is 0.167. The van der Waals surface area contributed by atoms with Crippen molar-refractivity contribution in [2.24, 2.45) is 0 Å². The highest BCUT2D eigenvalue weighted by molar-refractivity contribution is 7.89. The average Bonchev–Trinajstić information content (AvgIpc) is 2.87. The maximum absolute atomic E-state index is 13.1. The predicted octanol–water partition coefficient (Wildman–Crippen LogP) is 3.41. The summed E-state index contributed by atoms with van der Waals surface area (Å²) in [6.45, 7) is 0. The number of esters is 1. The van der Waals surface area contributed by atoms with Gasteiger partial charge in [-0.15, -0.1) is 0 Å². The minimum atomic E-state index is -3.97. The molecule has 0 aliphatic heterocycles. The number of amides is 1. The van der Waals surface area contributed by atoms with Crippen LogP contribution in [0.1, 0.15) is 22.0 Å². The van der Waals surface area contributed by atoms with Crippen molar-refractivity contribution in [1.29, 1.82) is 0 Å². The predicted molar refractivity (Wildman–Crippen MR) is 125 cm³/mol. The minimum Gasteiger partial charge on any atom is -0.497 e. The Balaban J connectivity index is 1.86. The van der Waals surface area contributed by atoms with Gasteiger partial charge in [0.2, 0.25) is 6.10 Å². The normalized spacial score (nSPS) is 12.1. The van der Waals surface area contributed by atoms with Gasteiger partial charge in [0.05, 0.1) is 24.7 Å². The molecule has 1 N–H and O–H groups in total. The molecule has 3 rings (SSSR count). The Morgan fingerprint density at radius 1 is 0.912 bits per heavy atom. The van der Waals surface area contributed by atoms with Gasteiger partial charge in [-0.05, 0) is 42.5 Å². The summed E-state index contributed by atoms with van der Waals surface area (Å²) in [6.07, 6.45) is -1.28. The van der Waals surface area contributed by atoms with Gasteiger partial charge in [0.25, 0.3) is 15.9 Å². The van der Waals surface area contributed by atoms with Crippen LogP contribution in [0.15, 0.2) is 83.8 Å². The van der Waals surface area contributed by atoms with E-state index in [1.54, 1.807) is 54.6 Å². The van der Waals surface area contributed by atoms with E-state index in [0.29, 0.717) is 21.5 Å². The largest absolute Gasteiger partial charge is 0.497 e. The summed E-state index contributed by atoms with van der Waals surface area (Å²) in [6, 6.07) is 20.5. The van der Waals surface area contributed by atoms with Crippen LogP contribution >= 0.6 is 0 Å². The van der Waals surface area contributed by atoms with Gasteiger partial charge in [-0.3, -0.25) is 9.63 Å². The third-order valence-electron chi connectivity index (χ3n) is 4.89. The van der Waals surface area contributed by atoms with Crippen LogP contribution in [-0.2, 0) is 24.4 Å². The first-order valence-corrected chi connectivity index (χ1v) is 11.5. The first kappa shape index (κ1) is 24.9. The summed E-state index contributed by atoms with van der Waals surface area (Å²) < 4.78 is 36.4. The van der Waals surface area contributed by atoms with Crippen LogP contribution in [0.25, 0.3) is 0 Å². The summed E-state index contributed by atoms with van der Waals surface area (Å²) >= 11 is 0. The second-order valence-electron chi connectivity index (χ2n) is 7.04. The highest BCUT2D eigenvalue weighted by Crippen LogP contribution is 2.24. The Labute approximate surface area is 197 Å². The Morgan fingerprint density at radius 3 is 2.21 bits per heavy atom. The van der Waals surface area contributed by atoms with Crippen molar-refractivity contribution in [3.05, 3.63) is 90.0 Å². The van der Waals surface area contributed by atoms with E-state index < -0.39 is 28.0 Å². The molecule has 0 heterocycles. The van der Waals surface area contributed by atoms with Crippen molar-refractivity contribution < 1.29 is 32.3 Å². The smallest absolute Gasteiger partial charge is 0.339 e. The van der Waals surface area contributed by atoms with Gasteiger partial charge in [-0.25, -0.2) is 13.2 Å². The van der Waals surface area contributed by atoms with Gasteiger partial charge in [0, 0.05) is 18.3 Å². The molecule has 3 aromatic rings. The van der Waals surface area contributed by atoms with Crippen LogP contribution in [0, 0.1) is 0 Å². The van der Waals surface area contributed by atoms with E-state index in [-0.39, 0.29) is 10.5 Å². The molecule has 0 fully saturated rings. The van der Waals surface area contributed by atoms with E-state index in [2.05, 4.69) is 5.32 Å². The lowest BCUT2D eigenvalue weighted by Gasteiger charge is -2.19. The molecule has 1 atom stereocenters. The molecule has 9 nitrogen and oxygen atoms in total. The molecule has 178 valence electrons. The number of sulfonamides is 1. The summed E-state index contributed by atoms with van der Waals surface area (Å²) in [4.78, 5) is 30.6. The van der Waals surface area contributed by atoms with E-state index >= 15 is 0 Å². The third kappa shape index (κ3) is 5.79. The number of benzene rings is 3. The van der Waals surface area contributed by atoms with Gasteiger partial charge in [0.15, 0.2) is 0 Å². The first-order valence-electron chi connectivity index (χ1n) is 10.1. The highest BCUT2D eigenvalue weighted by atomic mass is 32.2. The number of hydrogen-bond donors (Lipinski definition) is 1. The monoisotopic (exact) mass is 484 g/mol. The van der Waals surface area contributed by atoms with Crippen LogP contribution in [0.3, 0.4) is 0 Å². The maximum atomic E-state index is 13.1. The summed E-state index contributed by atoms with van der Waals surface area (Å²) in [7, 11) is 0.000341. The van der Waals surface area contributed by atoms with E-state index in [9.17, 15) is 18.0 Å². The fourth-order valence-corrected chi connectivity index (χ4v) is 4.01. The molecule has 1 amide bonds. The summed E-state index contributed by atoms with van der Waals surface area (Å²) in [5, 5.41) is 2.72. The van der Waals surface area contributed by atoms with E-state index in [1.807, 2.05) is 0 Å². The topological polar surface area (TPSA) is 111 Å². The van der Waals surface area contributed by atoms with Crippen molar-refractivity contribution in [3.8, 4) is 5.75 Å². The molecule has 0 radical (unpaired) electrons. The number of carbonyl (C=O) groups is 2. The minimum absolute atomic E-state index is 0.0382. The number of hydrogen-bond acceptors (Lipinski definition) is 7. The fourth-order valence-electron chi connectivity index (χ4n) is 2.99. The van der Waals surface area contributed by atoms with Gasteiger partial charge < -0.3 is 14.8 Å². The van der Waals surface area contributed by atoms with Gasteiger partial charge in [-0.1, -0.05) is 40.9 Å². The van der Waals surface area contributed by atoms with Crippen LogP contribution in [0.2, 0.25) is 0 Å². The molecule has 0 bridgehead atoms. The number of hydroxylamine groups is 1. The molecule has 3 aromatic carbocycles. The number of carbonyl (C=O) groups excluding carboxylic acids is 2. The van der Waals surface area contributed by atoms with Crippen molar-refractivity contribution >= 4 is 27.6 Å². The van der Waals surface area contributed by atoms with Crippen molar-refractivity contribution in [3.63, 3.8) is 0 Å². The van der Waals surface area contributed by atoms with Gasteiger partial charge >= 0.3 is 5.97 Å². The van der Waals surface area contributed by atoms with Crippen LogP contribution in [0.5, 0.6) is 5.75 Å². The molecular weight excluding hydrogens is 460 g/mol. The van der Waals surface area contributed by atoms with E-state index in [4.69, 9.17) is 14.3 Å². The van der Waals surface area contributed by atoms with Crippen molar-refractivity contribution in [2.75, 3.05) is 26.6 Å². The second-order valence-corrected chi connectivity index (χ2v) is 8.97. The van der Waals surface area contributed by atoms with Gasteiger partial charge in [-0.2, -0.15) is 0 Å². The maximum Gasteiger partial charge on any atom is 0.339 e. The Morgan fingerprint density at radius 2 is 1.59 bits per heavy atom. The Hall–Kier alpha value is -3.73.